The number of aromatic nitrogens is 1. The molecule has 0 unspecified atom stereocenters. The molecular weight excluding hydrogens is 432 g/mol. The molecule has 0 radical (unpaired) electrons. The molecule has 3 rings (SSSR count). The Morgan fingerprint density at radius 3 is 2.42 bits per heavy atom. The summed E-state index contributed by atoms with van der Waals surface area (Å²) < 4.78 is 47.9. The van der Waals surface area contributed by atoms with Gasteiger partial charge >= 0.3 is 7.82 Å². The van der Waals surface area contributed by atoms with E-state index in [2.05, 4.69) is 4.52 Å². The highest BCUT2D eigenvalue weighted by molar-refractivity contribution is 7.46. The number of methoxy groups -OCH3 is 2. The largest absolute Gasteiger partial charge is 0.497 e. The highest BCUT2D eigenvalue weighted by Crippen LogP contribution is 2.38. The lowest BCUT2D eigenvalue weighted by Crippen LogP contribution is -2.16. The predicted molar refractivity (Wildman–Crippen MR) is 111 cm³/mol. The first kappa shape index (κ1) is 22.8. The van der Waals surface area contributed by atoms with Gasteiger partial charge in [0.2, 0.25) is 0 Å². The molecule has 0 atom stereocenters. The van der Waals surface area contributed by atoms with E-state index in [1.165, 1.54) is 31.0 Å². The maximum Gasteiger partial charge on any atom is 0.471 e. The van der Waals surface area contributed by atoms with Gasteiger partial charge in [0, 0.05) is 23.4 Å². The normalized spacial score (nSPS) is 11.5. The number of phosphoric ester groups is 1. The van der Waals surface area contributed by atoms with Crippen LogP contribution in [0.3, 0.4) is 0 Å². The van der Waals surface area contributed by atoms with E-state index in [1.807, 2.05) is 0 Å². The number of pyridine rings is 1. The summed E-state index contributed by atoms with van der Waals surface area (Å²) in [7, 11) is -1.97. The third-order valence-corrected chi connectivity index (χ3v) is 4.95. The minimum absolute atomic E-state index is 0.0107. The predicted octanol–water partition coefficient (Wildman–Crippen LogP) is 3.29. The fraction of sp³-hybridized carbons (Fsp3) is 0.250. The highest BCUT2D eigenvalue weighted by atomic mass is 31.2. The van der Waals surface area contributed by atoms with Gasteiger partial charge in [-0.3, -0.25) is 9.32 Å². The maximum absolute atomic E-state index is 14.8. The summed E-state index contributed by atoms with van der Waals surface area (Å²) in [6.07, 6.45) is 1.31. The number of rotatable bonds is 8. The van der Waals surface area contributed by atoms with Crippen LogP contribution in [-0.4, -0.2) is 35.2 Å². The van der Waals surface area contributed by atoms with E-state index in [0.29, 0.717) is 17.1 Å². The standard InChI is InChI=1S/C20H21FNO8P/c1-4-29-16-8-7-15(21)18-19(16)22(11-30-31(24,25)26)10-14(20(18)23)13-6-5-12(27-2)9-17(13)28-3/h5-10H,4,11H2,1-3H3,(H2,24,25,26). The molecule has 0 amide bonds. The quantitative estimate of drug-likeness (QED) is 0.499. The smallest absolute Gasteiger partial charge is 0.471 e. The zero-order chi connectivity index (χ0) is 22.8. The number of hydrogen-bond acceptors (Lipinski definition) is 6. The molecule has 0 aliphatic rings. The van der Waals surface area contributed by atoms with Crippen LogP contribution in [0.1, 0.15) is 6.92 Å². The van der Waals surface area contributed by atoms with Crippen molar-refractivity contribution in [2.45, 2.75) is 13.7 Å². The van der Waals surface area contributed by atoms with Gasteiger partial charge in [-0.2, -0.15) is 0 Å². The van der Waals surface area contributed by atoms with Crippen LogP contribution in [0, 0.1) is 5.82 Å². The molecule has 166 valence electrons. The molecule has 2 aromatic carbocycles. The molecule has 0 spiro atoms. The molecule has 0 fully saturated rings. The van der Waals surface area contributed by atoms with Gasteiger partial charge in [-0.05, 0) is 31.2 Å². The van der Waals surface area contributed by atoms with Crippen LogP contribution in [-0.2, 0) is 15.8 Å². The second-order valence-electron chi connectivity index (χ2n) is 6.36. The van der Waals surface area contributed by atoms with E-state index in [4.69, 9.17) is 24.0 Å². The number of benzene rings is 2. The summed E-state index contributed by atoms with van der Waals surface area (Å²) in [6, 6.07) is 7.16. The van der Waals surface area contributed by atoms with Gasteiger partial charge < -0.3 is 28.6 Å². The molecule has 1 aromatic heterocycles. The van der Waals surface area contributed by atoms with Crippen molar-refractivity contribution >= 4 is 18.7 Å². The molecule has 11 heteroatoms. The molecule has 2 N–H and O–H groups in total. The summed E-state index contributed by atoms with van der Waals surface area (Å²) >= 11 is 0. The van der Waals surface area contributed by atoms with Crippen molar-refractivity contribution in [3.63, 3.8) is 0 Å². The van der Waals surface area contributed by atoms with Crippen LogP contribution in [0.15, 0.2) is 41.3 Å². The second-order valence-corrected chi connectivity index (χ2v) is 7.60. The fourth-order valence-corrected chi connectivity index (χ4v) is 3.46. The van der Waals surface area contributed by atoms with Crippen molar-refractivity contribution in [3.05, 3.63) is 52.6 Å². The van der Waals surface area contributed by atoms with Crippen LogP contribution in [0.2, 0.25) is 0 Å². The van der Waals surface area contributed by atoms with Crippen molar-refractivity contribution in [1.29, 1.82) is 0 Å². The highest BCUT2D eigenvalue weighted by Gasteiger charge is 2.22. The summed E-state index contributed by atoms with van der Waals surface area (Å²) in [5.41, 5.74) is -0.267. The summed E-state index contributed by atoms with van der Waals surface area (Å²) in [4.78, 5) is 31.6. The van der Waals surface area contributed by atoms with Crippen LogP contribution < -0.4 is 19.6 Å². The number of halogens is 1. The maximum atomic E-state index is 14.8. The number of fused-ring (bicyclic) bond motifs is 1. The number of phosphoric acid groups is 1. The van der Waals surface area contributed by atoms with E-state index in [1.54, 1.807) is 25.1 Å². The van der Waals surface area contributed by atoms with Crippen molar-refractivity contribution in [2.75, 3.05) is 20.8 Å². The van der Waals surface area contributed by atoms with Crippen LogP contribution in [0.25, 0.3) is 22.0 Å². The Bertz CT molecular complexity index is 1220. The van der Waals surface area contributed by atoms with E-state index in [-0.39, 0.29) is 28.8 Å². The topological polar surface area (TPSA) is 116 Å². The van der Waals surface area contributed by atoms with Crippen LogP contribution in [0.4, 0.5) is 4.39 Å². The van der Waals surface area contributed by atoms with E-state index >= 15 is 0 Å². The van der Waals surface area contributed by atoms with Crippen molar-refractivity contribution in [1.82, 2.24) is 4.57 Å². The lowest BCUT2D eigenvalue weighted by atomic mass is 10.0. The molecule has 1 heterocycles. The van der Waals surface area contributed by atoms with Gasteiger partial charge in [-0.15, -0.1) is 0 Å². The van der Waals surface area contributed by atoms with Crippen molar-refractivity contribution in [2.24, 2.45) is 0 Å². The first-order chi connectivity index (χ1) is 14.7. The number of ether oxygens (including phenoxy) is 3. The zero-order valence-electron chi connectivity index (χ0n) is 17.0. The molecule has 3 aromatic rings. The van der Waals surface area contributed by atoms with Gasteiger partial charge in [0.05, 0.1) is 31.7 Å². The van der Waals surface area contributed by atoms with Gasteiger partial charge in [0.25, 0.3) is 0 Å². The average molecular weight is 453 g/mol. The first-order valence-electron chi connectivity index (χ1n) is 9.11. The van der Waals surface area contributed by atoms with E-state index in [0.717, 1.165) is 6.07 Å². The Morgan fingerprint density at radius 1 is 1.06 bits per heavy atom. The Morgan fingerprint density at radius 2 is 1.81 bits per heavy atom. The van der Waals surface area contributed by atoms with Crippen molar-refractivity contribution in [3.8, 4) is 28.4 Å². The van der Waals surface area contributed by atoms with Gasteiger partial charge in [0.15, 0.2) is 5.43 Å². The van der Waals surface area contributed by atoms with E-state index < -0.39 is 25.8 Å². The Balaban J connectivity index is 2.37. The van der Waals surface area contributed by atoms with Crippen molar-refractivity contribution < 1.29 is 37.5 Å². The molecule has 0 aliphatic carbocycles. The van der Waals surface area contributed by atoms with Gasteiger partial charge in [-0.25, -0.2) is 8.96 Å². The molecule has 0 saturated carbocycles. The minimum Gasteiger partial charge on any atom is -0.497 e. The fourth-order valence-electron chi connectivity index (χ4n) is 3.19. The van der Waals surface area contributed by atoms with Gasteiger partial charge in [-0.1, -0.05) is 0 Å². The zero-order valence-corrected chi connectivity index (χ0v) is 17.9. The summed E-state index contributed by atoms with van der Waals surface area (Å²) in [6.45, 7) is 1.28. The number of hydrogen-bond donors (Lipinski definition) is 2. The van der Waals surface area contributed by atoms with Gasteiger partial charge in [0.1, 0.15) is 29.8 Å². The molecule has 31 heavy (non-hydrogen) atoms. The first-order valence-corrected chi connectivity index (χ1v) is 10.6. The summed E-state index contributed by atoms with van der Waals surface area (Å²) in [5.74, 6) is 0.122. The second kappa shape index (κ2) is 9.07. The molecular formula is C20H21FNO8P. The average Bonchev–Trinajstić information content (AvgIpc) is 2.74. The third-order valence-electron chi connectivity index (χ3n) is 4.50. The Kier molecular flexibility index (Phi) is 6.66. The summed E-state index contributed by atoms with van der Waals surface area (Å²) in [5, 5.41) is -0.310. The minimum atomic E-state index is -4.85. The monoisotopic (exact) mass is 453 g/mol. The Hall–Kier alpha value is -2.91. The molecule has 0 saturated heterocycles. The van der Waals surface area contributed by atoms with Crippen LogP contribution >= 0.6 is 7.82 Å². The molecule has 0 aliphatic heterocycles. The van der Waals surface area contributed by atoms with E-state index in [9.17, 15) is 13.8 Å². The molecule has 9 nitrogen and oxygen atoms in total. The third kappa shape index (κ3) is 4.72. The SMILES string of the molecule is CCOc1ccc(F)c2c(=O)c(-c3ccc(OC)cc3OC)cn(COP(=O)(O)O)c12. The molecule has 0 bridgehead atoms. The number of nitrogens with zero attached hydrogens (tertiary/aromatic N) is 1. The lowest BCUT2D eigenvalue weighted by molar-refractivity contribution is 0.155. The van der Waals surface area contributed by atoms with Crippen LogP contribution in [0.5, 0.6) is 17.2 Å². The Labute approximate surface area is 176 Å². The lowest BCUT2D eigenvalue weighted by Gasteiger charge is -2.18.